The molecule has 1 aliphatic heterocycles. The second kappa shape index (κ2) is 7.76. The van der Waals surface area contributed by atoms with Crippen molar-refractivity contribution in [3.05, 3.63) is 64.7 Å². The third kappa shape index (κ3) is 3.45. The average Bonchev–Trinajstić information content (AvgIpc) is 3.21. The fourth-order valence-electron chi connectivity index (χ4n) is 3.76. The molecule has 1 unspecified atom stereocenters. The van der Waals surface area contributed by atoms with E-state index in [0.717, 1.165) is 28.5 Å². The lowest BCUT2D eigenvalue weighted by molar-refractivity contribution is 0.0984. The van der Waals surface area contributed by atoms with Crippen LogP contribution in [0.2, 0.25) is 5.02 Å². The molecule has 2 heterocycles. The summed E-state index contributed by atoms with van der Waals surface area (Å²) in [4.78, 5) is 22.0. The van der Waals surface area contributed by atoms with Gasteiger partial charge >= 0.3 is 0 Å². The number of fused-ring (bicyclic) bond motifs is 1. The minimum Gasteiger partial charge on any atom is -0.367 e. The molecule has 3 aromatic rings. The Bertz CT molecular complexity index is 1110. The van der Waals surface area contributed by atoms with Gasteiger partial charge in [-0.3, -0.25) is 4.79 Å². The summed E-state index contributed by atoms with van der Waals surface area (Å²) in [5.41, 5.74) is 4.11. The van der Waals surface area contributed by atoms with Crippen LogP contribution in [0.4, 0.5) is 11.4 Å². The van der Waals surface area contributed by atoms with Gasteiger partial charge < -0.3 is 9.80 Å². The Morgan fingerprint density at radius 1 is 1.23 bits per heavy atom. The number of likely N-dealkylation sites (N-methyl/N-ethyl adjacent to an activating group) is 1. The number of rotatable bonds is 3. The molecule has 7 heteroatoms. The van der Waals surface area contributed by atoms with Crippen LogP contribution in [0, 0.1) is 6.92 Å². The van der Waals surface area contributed by atoms with Gasteiger partial charge in [0.25, 0.3) is 5.91 Å². The second-order valence-electron chi connectivity index (χ2n) is 8.18. The number of halogens is 1. The van der Waals surface area contributed by atoms with E-state index in [2.05, 4.69) is 35.8 Å². The zero-order valence-corrected chi connectivity index (χ0v) is 18.7. The van der Waals surface area contributed by atoms with E-state index in [-0.39, 0.29) is 17.9 Å². The van der Waals surface area contributed by atoms with Crippen molar-refractivity contribution < 1.29 is 4.79 Å². The Kier molecular flexibility index (Phi) is 5.28. The van der Waals surface area contributed by atoms with E-state index in [9.17, 15) is 4.79 Å². The molecule has 1 aliphatic rings. The van der Waals surface area contributed by atoms with Gasteiger partial charge in [0.1, 0.15) is 6.33 Å². The van der Waals surface area contributed by atoms with Crippen LogP contribution in [0.15, 0.2) is 42.7 Å². The second-order valence-corrected chi connectivity index (χ2v) is 8.59. The molecular weight excluding hydrogens is 398 g/mol. The molecule has 0 radical (unpaired) electrons. The summed E-state index contributed by atoms with van der Waals surface area (Å²) < 4.78 is 1.73. The molecule has 0 N–H and O–H groups in total. The average molecular weight is 424 g/mol. The zero-order valence-electron chi connectivity index (χ0n) is 17.9. The summed E-state index contributed by atoms with van der Waals surface area (Å²) in [6, 6.07) is 11.7. The highest BCUT2D eigenvalue weighted by molar-refractivity contribution is 6.34. The van der Waals surface area contributed by atoms with E-state index in [1.54, 1.807) is 11.0 Å². The maximum absolute atomic E-state index is 13.7. The maximum atomic E-state index is 13.7. The van der Waals surface area contributed by atoms with Crippen molar-refractivity contribution in [2.24, 2.45) is 0 Å². The smallest absolute Gasteiger partial charge is 0.258 e. The number of para-hydroxylation sites is 1. The molecule has 1 atom stereocenters. The van der Waals surface area contributed by atoms with Crippen LogP contribution >= 0.6 is 11.6 Å². The standard InChI is InChI=1S/C23H26ClN5O/c1-14(2)22-25-13-29(26-22)17-10-9-15(3)18(11-17)23(30)28-12-16(4)27(5)21-19(24)7-6-8-20(21)28/h6-11,13-14,16H,12H2,1-5H3. The first-order valence-corrected chi connectivity index (χ1v) is 10.5. The topological polar surface area (TPSA) is 54.3 Å². The summed E-state index contributed by atoms with van der Waals surface area (Å²) in [6.07, 6.45) is 1.70. The van der Waals surface area contributed by atoms with Crippen LogP contribution in [-0.2, 0) is 0 Å². The quantitative estimate of drug-likeness (QED) is 0.605. The van der Waals surface area contributed by atoms with E-state index in [1.165, 1.54) is 0 Å². The van der Waals surface area contributed by atoms with Crippen molar-refractivity contribution in [1.82, 2.24) is 14.8 Å². The van der Waals surface area contributed by atoms with E-state index in [0.29, 0.717) is 17.1 Å². The molecule has 0 fully saturated rings. The molecule has 0 aliphatic carbocycles. The number of hydrogen-bond acceptors (Lipinski definition) is 4. The number of aryl methyl sites for hydroxylation is 1. The minimum absolute atomic E-state index is 0.0398. The lowest BCUT2D eigenvalue weighted by Gasteiger charge is -2.41. The predicted molar refractivity (Wildman–Crippen MR) is 121 cm³/mol. The Hall–Kier alpha value is -2.86. The van der Waals surface area contributed by atoms with Gasteiger partial charge in [-0.1, -0.05) is 37.6 Å². The number of carbonyl (C=O) groups excluding carboxylic acids is 1. The van der Waals surface area contributed by atoms with Crippen molar-refractivity contribution >= 4 is 28.9 Å². The zero-order chi connectivity index (χ0) is 21.6. The summed E-state index contributed by atoms with van der Waals surface area (Å²) in [5, 5.41) is 5.20. The molecule has 1 aromatic heterocycles. The number of benzene rings is 2. The van der Waals surface area contributed by atoms with Crippen molar-refractivity contribution in [3.63, 3.8) is 0 Å². The molecule has 0 saturated heterocycles. The fourth-order valence-corrected chi connectivity index (χ4v) is 4.06. The molecule has 156 valence electrons. The lowest BCUT2D eigenvalue weighted by atomic mass is 10.0. The van der Waals surface area contributed by atoms with Crippen LogP contribution < -0.4 is 9.80 Å². The number of aromatic nitrogens is 3. The van der Waals surface area contributed by atoms with Crippen LogP contribution in [0.25, 0.3) is 5.69 Å². The van der Waals surface area contributed by atoms with Gasteiger partial charge in [-0.15, -0.1) is 0 Å². The van der Waals surface area contributed by atoms with Crippen LogP contribution in [0.5, 0.6) is 0 Å². The van der Waals surface area contributed by atoms with Crippen molar-refractivity contribution in [2.75, 3.05) is 23.4 Å². The molecule has 4 rings (SSSR count). The largest absolute Gasteiger partial charge is 0.367 e. The highest BCUT2D eigenvalue weighted by atomic mass is 35.5. The van der Waals surface area contributed by atoms with Gasteiger partial charge in [0.05, 0.1) is 22.1 Å². The predicted octanol–water partition coefficient (Wildman–Crippen LogP) is 4.84. The first kappa shape index (κ1) is 20.4. The summed E-state index contributed by atoms with van der Waals surface area (Å²) in [6.45, 7) is 8.75. The number of anilines is 2. The van der Waals surface area contributed by atoms with E-state index < -0.39 is 0 Å². The fraction of sp³-hybridized carbons (Fsp3) is 0.348. The minimum atomic E-state index is -0.0398. The maximum Gasteiger partial charge on any atom is 0.258 e. The van der Waals surface area contributed by atoms with Gasteiger partial charge in [0, 0.05) is 31.1 Å². The third-order valence-corrected chi connectivity index (χ3v) is 6.01. The highest BCUT2D eigenvalue weighted by Crippen LogP contribution is 2.40. The van der Waals surface area contributed by atoms with Gasteiger partial charge in [-0.05, 0) is 43.7 Å². The van der Waals surface area contributed by atoms with E-state index in [1.807, 2.05) is 55.3 Å². The normalized spacial score (nSPS) is 16.2. The molecular formula is C23H26ClN5O. The summed E-state index contributed by atoms with van der Waals surface area (Å²) in [5.74, 6) is 0.979. The summed E-state index contributed by atoms with van der Waals surface area (Å²) in [7, 11) is 2.01. The molecule has 1 amide bonds. The monoisotopic (exact) mass is 423 g/mol. The van der Waals surface area contributed by atoms with Crippen molar-refractivity contribution in [2.45, 2.75) is 39.7 Å². The number of amides is 1. The molecule has 2 aromatic carbocycles. The van der Waals surface area contributed by atoms with E-state index in [4.69, 9.17) is 11.6 Å². The molecule has 6 nitrogen and oxygen atoms in total. The Morgan fingerprint density at radius 2 is 2.00 bits per heavy atom. The number of nitrogens with zero attached hydrogens (tertiary/aromatic N) is 5. The van der Waals surface area contributed by atoms with Gasteiger partial charge in [0.15, 0.2) is 5.82 Å². The number of hydrogen-bond donors (Lipinski definition) is 0. The molecule has 0 bridgehead atoms. The van der Waals surface area contributed by atoms with Crippen LogP contribution in [-0.4, -0.2) is 40.3 Å². The molecule has 30 heavy (non-hydrogen) atoms. The SMILES string of the molecule is Cc1ccc(-n2cnc(C(C)C)n2)cc1C(=O)N1CC(C)N(C)c2c(Cl)cccc21. The van der Waals surface area contributed by atoms with Gasteiger partial charge in [-0.2, -0.15) is 5.10 Å². The highest BCUT2D eigenvalue weighted by Gasteiger charge is 2.32. The first-order chi connectivity index (χ1) is 14.3. The van der Waals surface area contributed by atoms with E-state index >= 15 is 0 Å². The Labute approximate surface area is 182 Å². The summed E-state index contributed by atoms with van der Waals surface area (Å²) >= 11 is 6.48. The first-order valence-electron chi connectivity index (χ1n) is 10.1. The van der Waals surface area contributed by atoms with Crippen molar-refractivity contribution in [1.29, 1.82) is 0 Å². The van der Waals surface area contributed by atoms with Crippen molar-refractivity contribution in [3.8, 4) is 5.69 Å². The molecule has 0 spiro atoms. The lowest BCUT2D eigenvalue weighted by Crippen LogP contribution is -2.48. The van der Waals surface area contributed by atoms with Crippen LogP contribution in [0.1, 0.15) is 48.4 Å². The third-order valence-electron chi connectivity index (χ3n) is 5.70. The Morgan fingerprint density at radius 3 is 2.70 bits per heavy atom. The van der Waals surface area contributed by atoms with Gasteiger partial charge in [0.2, 0.25) is 0 Å². The number of carbonyl (C=O) groups is 1. The Balaban J connectivity index is 1.75. The molecule has 0 saturated carbocycles. The van der Waals surface area contributed by atoms with Gasteiger partial charge in [-0.25, -0.2) is 9.67 Å². The van der Waals surface area contributed by atoms with Crippen LogP contribution in [0.3, 0.4) is 0 Å².